The molecule has 5 heteroatoms. The van der Waals surface area contributed by atoms with Crippen LogP contribution in [0.25, 0.3) is 0 Å². The normalized spacial score (nSPS) is 15.9. The quantitative estimate of drug-likeness (QED) is 0.490. The number of hydrogen-bond acceptors (Lipinski definition) is 3. The van der Waals surface area contributed by atoms with E-state index in [-0.39, 0.29) is 17.9 Å². The summed E-state index contributed by atoms with van der Waals surface area (Å²) in [4.78, 5) is 11.8. The third kappa shape index (κ3) is 5.49. The third-order valence-corrected chi connectivity index (χ3v) is 3.22. The van der Waals surface area contributed by atoms with Crippen LogP contribution in [0.5, 0.6) is 0 Å². The van der Waals surface area contributed by atoms with Crippen molar-refractivity contribution >= 4 is 6.09 Å². The zero-order valence-electron chi connectivity index (χ0n) is 12.0. The second kappa shape index (κ2) is 8.77. The maximum absolute atomic E-state index is 13.2. The van der Waals surface area contributed by atoms with Gasteiger partial charge in [0.1, 0.15) is 6.10 Å². The van der Waals surface area contributed by atoms with E-state index in [9.17, 15) is 9.28 Å². The minimum atomic E-state index is -0.592. The molecule has 19 heavy (non-hydrogen) atoms. The molecule has 1 unspecified atom stereocenters. The topological polar surface area (TPSA) is 32.8 Å². The average Bonchev–Trinajstić information content (AvgIpc) is 2.82. The fourth-order valence-corrected chi connectivity index (χ4v) is 2.06. The van der Waals surface area contributed by atoms with Gasteiger partial charge in [0.2, 0.25) is 0 Å². The van der Waals surface area contributed by atoms with Gasteiger partial charge in [0, 0.05) is 0 Å². The first-order valence-electron chi connectivity index (χ1n) is 7.28. The molecule has 0 saturated heterocycles. The summed E-state index contributed by atoms with van der Waals surface area (Å²) >= 11 is 0. The van der Waals surface area contributed by atoms with Gasteiger partial charge in [0.15, 0.2) is 0 Å². The summed E-state index contributed by atoms with van der Waals surface area (Å²) in [7, 11) is 0. The second-order valence-corrected chi connectivity index (χ2v) is 4.90. The smallest absolute Gasteiger partial charge is 0.431 e. The number of hydrazine groups is 1. The number of rotatable bonds is 8. The molecule has 1 atom stereocenters. The molecule has 0 N–H and O–H groups in total. The highest BCUT2D eigenvalue weighted by molar-refractivity contribution is 5.67. The fraction of sp³-hybridized carbons (Fsp3) is 0.786. The number of unbranched alkanes of at least 4 members (excludes halogenated alkanes) is 3. The first kappa shape index (κ1) is 15.8. The van der Waals surface area contributed by atoms with E-state index in [0.29, 0.717) is 0 Å². The number of ether oxygens (including phenoxy) is 1. The van der Waals surface area contributed by atoms with Gasteiger partial charge < -0.3 is 4.74 Å². The number of hydrogen-bond donors (Lipinski definition) is 0. The van der Waals surface area contributed by atoms with Gasteiger partial charge in [0.25, 0.3) is 0 Å². The SMILES string of the molecule is CCCCCC(CCCC)OC(=O)N1CC=CN1F. The fourth-order valence-electron chi connectivity index (χ4n) is 2.06. The van der Waals surface area contributed by atoms with Gasteiger partial charge >= 0.3 is 6.09 Å². The first-order valence-corrected chi connectivity index (χ1v) is 7.28. The summed E-state index contributed by atoms with van der Waals surface area (Å²) in [5, 5.41) is 1.24. The van der Waals surface area contributed by atoms with E-state index in [0.717, 1.165) is 50.0 Å². The molecule has 4 nitrogen and oxygen atoms in total. The molecule has 110 valence electrons. The Labute approximate surface area is 115 Å². The second-order valence-electron chi connectivity index (χ2n) is 4.90. The van der Waals surface area contributed by atoms with E-state index in [2.05, 4.69) is 13.8 Å². The molecule has 0 aromatic carbocycles. The summed E-state index contributed by atoms with van der Waals surface area (Å²) in [5.41, 5.74) is 0. The van der Waals surface area contributed by atoms with Crippen LogP contribution in [0.2, 0.25) is 0 Å². The van der Waals surface area contributed by atoms with Gasteiger partial charge in [-0.25, -0.2) is 4.79 Å². The van der Waals surface area contributed by atoms with Crippen molar-refractivity contribution in [2.24, 2.45) is 0 Å². The number of nitrogens with zero attached hydrogens (tertiary/aromatic N) is 2. The molecule has 0 aromatic rings. The lowest BCUT2D eigenvalue weighted by Crippen LogP contribution is -2.38. The van der Waals surface area contributed by atoms with Crippen molar-refractivity contribution in [3.8, 4) is 0 Å². The van der Waals surface area contributed by atoms with Gasteiger partial charge in [0.05, 0.1) is 12.7 Å². The Morgan fingerprint density at radius 3 is 2.53 bits per heavy atom. The summed E-state index contributed by atoms with van der Waals surface area (Å²) in [5.74, 6) is 0. The summed E-state index contributed by atoms with van der Waals surface area (Å²) in [6.07, 6.45) is 9.28. The Balaban J connectivity index is 2.38. The predicted molar refractivity (Wildman–Crippen MR) is 72.7 cm³/mol. The van der Waals surface area contributed by atoms with Gasteiger partial charge in [-0.2, -0.15) is 5.01 Å². The van der Waals surface area contributed by atoms with Crippen LogP contribution < -0.4 is 0 Å². The molecule has 0 spiro atoms. The Bertz CT molecular complexity index is 297. The monoisotopic (exact) mass is 272 g/mol. The van der Waals surface area contributed by atoms with Crippen molar-refractivity contribution in [1.29, 1.82) is 0 Å². The van der Waals surface area contributed by atoms with Gasteiger partial charge in [-0.15, -0.1) is 5.23 Å². The highest BCUT2D eigenvalue weighted by Crippen LogP contribution is 2.17. The van der Waals surface area contributed by atoms with Gasteiger partial charge in [-0.05, 0) is 25.3 Å². The molecule has 1 heterocycles. The van der Waals surface area contributed by atoms with E-state index in [4.69, 9.17) is 4.74 Å². The number of amides is 1. The van der Waals surface area contributed by atoms with Crippen molar-refractivity contribution in [2.75, 3.05) is 6.54 Å². The lowest BCUT2D eigenvalue weighted by atomic mass is 10.1. The minimum Gasteiger partial charge on any atom is -0.445 e. The molecule has 1 aliphatic heterocycles. The molecular weight excluding hydrogens is 247 g/mol. The third-order valence-electron chi connectivity index (χ3n) is 3.22. The van der Waals surface area contributed by atoms with E-state index in [1.165, 1.54) is 6.20 Å². The van der Waals surface area contributed by atoms with Crippen molar-refractivity contribution in [3.05, 3.63) is 12.3 Å². The number of carbonyl (C=O) groups is 1. The van der Waals surface area contributed by atoms with Crippen molar-refractivity contribution in [1.82, 2.24) is 10.2 Å². The van der Waals surface area contributed by atoms with Gasteiger partial charge in [-0.3, -0.25) is 0 Å². The Kier molecular flexibility index (Phi) is 7.30. The molecule has 0 aliphatic carbocycles. The van der Waals surface area contributed by atoms with E-state index < -0.39 is 6.09 Å². The molecule has 0 aromatic heterocycles. The van der Waals surface area contributed by atoms with Crippen LogP contribution in [0.3, 0.4) is 0 Å². The summed E-state index contributed by atoms with van der Waals surface area (Å²) < 4.78 is 18.6. The highest BCUT2D eigenvalue weighted by atomic mass is 19.2. The van der Waals surface area contributed by atoms with Crippen LogP contribution in [-0.2, 0) is 4.74 Å². The molecule has 0 bridgehead atoms. The number of halogens is 1. The molecule has 1 amide bonds. The molecule has 0 saturated carbocycles. The zero-order valence-corrected chi connectivity index (χ0v) is 12.0. The standard InChI is InChI=1S/C14H25FN2O2/c1-3-5-7-10-13(9-6-4-2)19-14(18)16-11-8-12-17(16)15/h8,12-13H,3-7,9-11H2,1-2H3. The summed E-state index contributed by atoms with van der Waals surface area (Å²) in [6, 6.07) is 0. The largest absolute Gasteiger partial charge is 0.445 e. The Hall–Kier alpha value is -1.26. The van der Waals surface area contributed by atoms with Crippen molar-refractivity contribution < 1.29 is 14.0 Å². The predicted octanol–water partition coefficient (Wildman–Crippen LogP) is 4.19. The van der Waals surface area contributed by atoms with Crippen LogP contribution in [-0.4, -0.2) is 29.0 Å². The zero-order chi connectivity index (χ0) is 14.1. The Morgan fingerprint density at radius 1 is 1.26 bits per heavy atom. The molecule has 0 fully saturated rings. The lowest BCUT2D eigenvalue weighted by Gasteiger charge is -2.24. The van der Waals surface area contributed by atoms with Gasteiger partial charge in [-0.1, -0.05) is 44.0 Å². The van der Waals surface area contributed by atoms with Crippen molar-refractivity contribution in [3.63, 3.8) is 0 Å². The van der Waals surface area contributed by atoms with Crippen LogP contribution in [0.15, 0.2) is 12.3 Å². The average molecular weight is 272 g/mol. The Morgan fingerprint density at radius 2 is 1.95 bits per heavy atom. The number of carbonyl (C=O) groups excluding carboxylic acids is 1. The van der Waals surface area contributed by atoms with Crippen LogP contribution >= 0.6 is 0 Å². The molecule has 1 rings (SSSR count). The minimum absolute atomic E-state index is 0.0898. The lowest BCUT2D eigenvalue weighted by molar-refractivity contribution is -0.0997. The van der Waals surface area contributed by atoms with Crippen LogP contribution in [0.4, 0.5) is 9.28 Å². The van der Waals surface area contributed by atoms with E-state index >= 15 is 0 Å². The molecule has 0 radical (unpaired) electrons. The van der Waals surface area contributed by atoms with Crippen molar-refractivity contribution in [2.45, 2.75) is 64.9 Å². The van der Waals surface area contributed by atoms with Crippen LogP contribution in [0.1, 0.15) is 58.8 Å². The highest BCUT2D eigenvalue weighted by Gasteiger charge is 2.26. The van der Waals surface area contributed by atoms with E-state index in [1.54, 1.807) is 6.08 Å². The maximum atomic E-state index is 13.2. The molecule has 1 aliphatic rings. The first-order chi connectivity index (χ1) is 9.19. The van der Waals surface area contributed by atoms with Crippen LogP contribution in [0, 0.1) is 0 Å². The maximum Gasteiger partial charge on any atom is 0.431 e. The molecular formula is C14H25FN2O2. The summed E-state index contributed by atoms with van der Waals surface area (Å²) in [6.45, 7) is 4.49. The van der Waals surface area contributed by atoms with E-state index in [1.807, 2.05) is 0 Å².